The van der Waals surface area contributed by atoms with Crippen LogP contribution in [-0.2, 0) is 67.1 Å². The lowest BCUT2D eigenvalue weighted by Gasteiger charge is -2.29. The van der Waals surface area contributed by atoms with Gasteiger partial charge in [-0.05, 0) is 96.4 Å². The lowest BCUT2D eigenvalue weighted by atomic mass is 10.0. The lowest BCUT2D eigenvalue weighted by Crippen LogP contribution is -2.61. The number of rotatable bonds is 43. The van der Waals surface area contributed by atoms with Gasteiger partial charge in [-0.3, -0.25) is 67.3 Å². The molecule has 0 heterocycles. The van der Waals surface area contributed by atoms with Gasteiger partial charge in [-0.25, -0.2) is 4.79 Å². The Bertz CT molecular complexity index is 2320. The molecule has 0 aliphatic carbocycles. The number of carboxylic acids is 3. The maximum Gasteiger partial charge on any atom is 0.326 e. The van der Waals surface area contributed by atoms with E-state index in [1.807, 2.05) is 0 Å². The summed E-state index contributed by atoms with van der Waals surface area (Å²) in [6.45, 7) is 9.00. The Kier molecular flexibility index (Phi) is 35.4. The van der Waals surface area contributed by atoms with E-state index in [2.05, 4.69) is 52.8 Å². The number of hydrogen-bond donors (Lipinski definition) is 19. The number of aliphatic carboxylic acids is 3. The fraction of sp³-hybridized carbons (Fsp3) is 0.700. The number of aliphatic hydroxyl groups is 1. The zero-order valence-electron chi connectivity index (χ0n) is 48.2. The van der Waals surface area contributed by atoms with Gasteiger partial charge in [0.1, 0.15) is 54.4 Å². The minimum absolute atomic E-state index is 0.0714. The fourth-order valence-corrected chi connectivity index (χ4v) is 7.76. The molecule has 11 atom stereocenters. The Morgan fingerprint density at radius 3 is 1.26 bits per heavy atom. The molecule has 0 aromatic rings. The molecule has 0 saturated carbocycles. The first kappa shape index (κ1) is 75.7. The molecule has 25 N–H and O–H groups in total. The van der Waals surface area contributed by atoms with Crippen molar-refractivity contribution in [2.75, 3.05) is 13.1 Å². The zero-order valence-corrected chi connectivity index (χ0v) is 48.2. The molecule has 0 saturated heterocycles. The smallest absolute Gasteiger partial charge is 0.326 e. The van der Waals surface area contributed by atoms with Gasteiger partial charge < -0.3 is 103 Å². The van der Waals surface area contributed by atoms with Crippen molar-refractivity contribution < 1.29 is 87.5 Å². The average Bonchev–Trinajstić information content (AvgIpc) is 3.62. The van der Waals surface area contributed by atoms with Gasteiger partial charge >= 0.3 is 17.9 Å². The molecule has 0 unspecified atom stereocenters. The van der Waals surface area contributed by atoms with E-state index in [0.717, 1.165) is 0 Å². The standard InChI is InChI=1S/C50H88N16O18/c1-23(2)22-33(64-48(82)39(26(6)67)66-41(75)27(52)10-9-21-57-50(55)56)46(80)61-30(14-18-36(70)71)42(76)58-25(5)40(74)59-28(11-7-8-20-51)43(77)60-29(12-16-34(53)68)45(79)65-38(24(3)4)47(81)62-31(15-19-37(72)73)44(78)63-32(49(83)84)13-17-35(54)69/h23-33,38-39,67H,7-22,51-52H2,1-6H3,(H2,53,68)(H2,54,69)(H,58,76)(H,59,74)(H,60,77)(H,61,80)(H,62,81)(H,63,78)(H,64,82)(H,65,79)(H,66,75)(H,70,71)(H,72,73)(H,83,84)(H4,55,56,57)/t25-,26+,27-,28-,29-,30-,31-,32-,33-,38-,39-/m0/s1. The molecule has 0 aliphatic heterocycles. The number of carboxylic acid groups (broad SMARTS) is 3. The highest BCUT2D eigenvalue weighted by molar-refractivity contribution is 5.99. The van der Waals surface area contributed by atoms with Crippen LogP contribution < -0.4 is 82.3 Å². The Morgan fingerprint density at radius 1 is 0.429 bits per heavy atom. The summed E-state index contributed by atoms with van der Waals surface area (Å²) in [5, 5.41) is 60.3. The van der Waals surface area contributed by atoms with Crippen LogP contribution in [0.3, 0.4) is 0 Å². The molecule has 0 aromatic heterocycles. The van der Waals surface area contributed by atoms with Gasteiger partial charge in [0.25, 0.3) is 0 Å². The van der Waals surface area contributed by atoms with Crippen molar-refractivity contribution in [2.45, 2.75) is 198 Å². The number of hydrogen-bond acceptors (Lipinski definition) is 18. The molecule has 0 rings (SSSR count). The quantitative estimate of drug-likeness (QED) is 0.0153. The summed E-state index contributed by atoms with van der Waals surface area (Å²) in [4.78, 5) is 185. The van der Waals surface area contributed by atoms with Crippen molar-refractivity contribution in [3.8, 4) is 0 Å². The highest BCUT2D eigenvalue weighted by Crippen LogP contribution is 2.12. The molecule has 0 aromatic carbocycles. The van der Waals surface area contributed by atoms with Crippen LogP contribution in [0.25, 0.3) is 0 Å². The number of guanidine groups is 1. The van der Waals surface area contributed by atoms with E-state index in [1.54, 1.807) is 13.8 Å². The fourth-order valence-electron chi connectivity index (χ4n) is 7.76. The number of nitrogens with one attached hydrogen (secondary N) is 9. The van der Waals surface area contributed by atoms with E-state index in [4.69, 9.17) is 34.4 Å². The molecule has 84 heavy (non-hydrogen) atoms. The summed E-state index contributed by atoms with van der Waals surface area (Å²) in [5.41, 5.74) is 32.8. The van der Waals surface area contributed by atoms with Gasteiger partial charge in [0, 0.05) is 32.2 Å². The summed E-state index contributed by atoms with van der Waals surface area (Å²) in [7, 11) is 0. The summed E-state index contributed by atoms with van der Waals surface area (Å²) < 4.78 is 0. The topological polar surface area (TPSA) is 597 Å². The molecule has 34 heteroatoms. The number of carbonyl (C=O) groups excluding carboxylic acids is 11. The third-order valence-corrected chi connectivity index (χ3v) is 12.5. The largest absolute Gasteiger partial charge is 0.481 e. The van der Waals surface area contributed by atoms with E-state index in [-0.39, 0.29) is 50.7 Å². The molecule has 0 aliphatic rings. The maximum atomic E-state index is 14.1. The number of nitrogens with two attached hydrogens (primary N) is 6. The van der Waals surface area contributed by atoms with Gasteiger partial charge in [0.15, 0.2) is 5.96 Å². The molecule has 476 valence electrons. The Balaban J connectivity index is 6.63. The zero-order chi connectivity index (χ0) is 64.6. The van der Waals surface area contributed by atoms with Crippen molar-refractivity contribution in [2.24, 2.45) is 51.2 Å². The van der Waals surface area contributed by atoms with Crippen LogP contribution in [0.4, 0.5) is 0 Å². The van der Waals surface area contributed by atoms with Crippen LogP contribution in [-0.4, -0.2) is 189 Å². The number of unbranched alkanes of at least 4 members (excludes halogenated alkanes) is 1. The second kappa shape index (κ2) is 39.3. The maximum absolute atomic E-state index is 14.1. The number of nitrogens with zero attached hydrogens (tertiary/aromatic N) is 1. The van der Waals surface area contributed by atoms with Gasteiger partial charge in [0.2, 0.25) is 65.0 Å². The third kappa shape index (κ3) is 31.2. The Hall–Kier alpha value is -8.27. The second-order valence-electron chi connectivity index (χ2n) is 20.7. The normalized spacial score (nSPS) is 15.0. The van der Waals surface area contributed by atoms with Crippen LogP contribution in [0.5, 0.6) is 0 Å². The highest BCUT2D eigenvalue weighted by atomic mass is 16.4. The predicted molar refractivity (Wildman–Crippen MR) is 298 cm³/mol. The summed E-state index contributed by atoms with van der Waals surface area (Å²) >= 11 is 0. The Morgan fingerprint density at radius 2 is 0.821 bits per heavy atom. The molecule has 0 fully saturated rings. The number of amides is 11. The minimum atomic E-state index is -1.70. The van der Waals surface area contributed by atoms with Crippen molar-refractivity contribution in [1.29, 1.82) is 0 Å². The SMILES string of the molecule is CC(C)C[C@H](NC(=O)[C@@H](NC(=O)[C@@H](N)CCCN=C(N)N)[C@@H](C)O)C(=O)N[C@@H](CCC(=O)O)C(=O)N[C@@H](C)C(=O)N[C@@H](CCCCN)C(=O)N[C@@H](CCC(N)=O)C(=O)N[C@H](C(=O)N[C@@H](CCC(=O)O)C(=O)N[C@@H](CCC(N)=O)C(=O)O)C(C)C. The first-order valence-electron chi connectivity index (χ1n) is 27.3. The first-order chi connectivity index (χ1) is 39.1. The predicted octanol–water partition coefficient (Wildman–Crippen LogP) is -6.69. The van der Waals surface area contributed by atoms with Crippen molar-refractivity contribution in [3.05, 3.63) is 0 Å². The van der Waals surface area contributed by atoms with E-state index in [9.17, 15) is 87.5 Å². The van der Waals surface area contributed by atoms with Gasteiger partial charge in [-0.1, -0.05) is 27.7 Å². The van der Waals surface area contributed by atoms with Crippen LogP contribution in [0.15, 0.2) is 4.99 Å². The van der Waals surface area contributed by atoms with Crippen LogP contribution in [0, 0.1) is 11.8 Å². The van der Waals surface area contributed by atoms with Gasteiger partial charge in [-0.2, -0.15) is 0 Å². The molecule has 0 radical (unpaired) electrons. The van der Waals surface area contributed by atoms with Gasteiger partial charge in [-0.15, -0.1) is 0 Å². The average molecular weight is 1200 g/mol. The summed E-state index contributed by atoms with van der Waals surface area (Å²) in [5.74, 6) is -16.7. The van der Waals surface area contributed by atoms with Crippen molar-refractivity contribution in [1.82, 2.24) is 47.9 Å². The first-order valence-corrected chi connectivity index (χ1v) is 27.3. The van der Waals surface area contributed by atoms with E-state index < -0.39 is 207 Å². The summed E-state index contributed by atoms with van der Waals surface area (Å²) in [6, 6.07) is -15.5. The molecule has 0 spiro atoms. The molecule has 11 amide bonds. The van der Waals surface area contributed by atoms with E-state index in [1.165, 1.54) is 27.7 Å². The summed E-state index contributed by atoms with van der Waals surface area (Å²) in [6.07, 6.45) is -5.16. The van der Waals surface area contributed by atoms with E-state index >= 15 is 0 Å². The lowest BCUT2D eigenvalue weighted by molar-refractivity contribution is -0.143. The second-order valence-corrected chi connectivity index (χ2v) is 20.7. The molecule has 34 nitrogen and oxygen atoms in total. The number of aliphatic hydroxyl groups excluding tert-OH is 1. The van der Waals surface area contributed by atoms with E-state index in [0.29, 0.717) is 12.8 Å². The van der Waals surface area contributed by atoms with Crippen LogP contribution >= 0.6 is 0 Å². The molecular formula is C50H88N16O18. The molecular weight excluding hydrogens is 1110 g/mol. The third-order valence-electron chi connectivity index (χ3n) is 12.5. The van der Waals surface area contributed by atoms with Crippen LogP contribution in [0.1, 0.15) is 131 Å². The monoisotopic (exact) mass is 1200 g/mol. The van der Waals surface area contributed by atoms with Crippen LogP contribution in [0.2, 0.25) is 0 Å². The van der Waals surface area contributed by atoms with Crippen molar-refractivity contribution in [3.63, 3.8) is 0 Å². The van der Waals surface area contributed by atoms with Gasteiger partial charge in [0.05, 0.1) is 12.1 Å². The number of primary amides is 2. The highest BCUT2D eigenvalue weighted by Gasteiger charge is 2.37. The Labute approximate surface area is 485 Å². The number of carbonyl (C=O) groups is 14. The minimum Gasteiger partial charge on any atom is -0.481 e. The van der Waals surface area contributed by atoms with Crippen molar-refractivity contribution >= 4 is 88.8 Å². The number of aliphatic imine (C=N–C) groups is 1. The molecule has 0 bridgehead atoms.